The van der Waals surface area contributed by atoms with Crippen molar-refractivity contribution >= 4 is 21.6 Å². The van der Waals surface area contributed by atoms with E-state index in [4.69, 9.17) is 5.73 Å². The minimum absolute atomic E-state index is 0.388. The van der Waals surface area contributed by atoms with E-state index in [1.165, 1.54) is 5.69 Å². The van der Waals surface area contributed by atoms with Crippen molar-refractivity contribution < 1.29 is 0 Å². The molecule has 0 radical (unpaired) electrons. The van der Waals surface area contributed by atoms with Gasteiger partial charge in [-0.2, -0.15) is 0 Å². The van der Waals surface area contributed by atoms with Gasteiger partial charge in [-0.1, -0.05) is 19.1 Å². The molecule has 4 heteroatoms. The molecule has 0 amide bonds. The summed E-state index contributed by atoms with van der Waals surface area (Å²) in [7, 11) is 2.18. The second kappa shape index (κ2) is 6.04. The number of nitrogens with zero attached hydrogens (tertiary/aromatic N) is 2. The van der Waals surface area contributed by atoms with E-state index >= 15 is 0 Å². The van der Waals surface area contributed by atoms with Crippen LogP contribution in [0.3, 0.4) is 0 Å². The summed E-state index contributed by atoms with van der Waals surface area (Å²) in [4.78, 5) is 4.84. The monoisotopic (exact) mass is 311 g/mol. The number of nitrogens with two attached hydrogens (primary N) is 1. The lowest BCUT2D eigenvalue weighted by molar-refractivity contribution is 0.304. The largest absolute Gasteiger partial charge is 0.365 e. The maximum Gasteiger partial charge on any atom is 0.0539 e. The molecule has 3 nitrogen and oxygen atoms in total. The van der Waals surface area contributed by atoms with E-state index in [0.717, 1.165) is 24.1 Å². The molecule has 18 heavy (non-hydrogen) atoms. The molecule has 1 aromatic carbocycles. The van der Waals surface area contributed by atoms with Crippen molar-refractivity contribution in [2.45, 2.75) is 13.0 Å². The lowest BCUT2D eigenvalue weighted by Gasteiger charge is -2.33. The predicted molar refractivity (Wildman–Crippen MR) is 81.0 cm³/mol. The van der Waals surface area contributed by atoms with Gasteiger partial charge in [0.15, 0.2) is 0 Å². The molecule has 0 saturated carbocycles. The Kier molecular flexibility index (Phi) is 4.65. The molecule has 0 aromatic heterocycles. The molecule has 0 aliphatic carbocycles. The van der Waals surface area contributed by atoms with Crippen LogP contribution in [-0.4, -0.2) is 44.2 Å². The van der Waals surface area contributed by atoms with Gasteiger partial charge in [-0.15, -0.1) is 0 Å². The average molecular weight is 312 g/mol. The molecule has 1 fully saturated rings. The maximum absolute atomic E-state index is 5.97. The minimum Gasteiger partial charge on any atom is -0.365 e. The third-order valence-corrected chi connectivity index (χ3v) is 4.20. The Morgan fingerprint density at radius 2 is 2.00 bits per heavy atom. The number of likely N-dealkylation sites (N-methyl/N-ethyl adjacent to an activating group) is 1. The molecule has 0 bridgehead atoms. The summed E-state index contributed by atoms with van der Waals surface area (Å²) < 4.78 is 1.15. The van der Waals surface area contributed by atoms with E-state index in [2.05, 4.69) is 64.0 Å². The normalized spacial score (nSPS) is 26.1. The van der Waals surface area contributed by atoms with Gasteiger partial charge in [-0.25, -0.2) is 0 Å². The van der Waals surface area contributed by atoms with Crippen molar-refractivity contribution in [1.29, 1.82) is 0 Å². The van der Waals surface area contributed by atoms with Gasteiger partial charge in [-0.05, 0) is 41.0 Å². The summed E-state index contributed by atoms with van der Waals surface area (Å²) in [6.07, 6.45) is 0. The summed E-state index contributed by atoms with van der Waals surface area (Å²) >= 11 is 3.65. The van der Waals surface area contributed by atoms with Crippen LogP contribution in [0.1, 0.15) is 6.92 Å². The lowest BCUT2D eigenvalue weighted by atomic mass is 10.1. The van der Waals surface area contributed by atoms with Gasteiger partial charge in [0.2, 0.25) is 0 Å². The lowest BCUT2D eigenvalue weighted by Crippen LogP contribution is -2.45. The zero-order valence-corrected chi connectivity index (χ0v) is 12.7. The maximum atomic E-state index is 5.97. The Hall–Kier alpha value is -0.580. The van der Waals surface area contributed by atoms with Gasteiger partial charge in [0.05, 0.1) is 11.7 Å². The van der Waals surface area contributed by atoms with Crippen molar-refractivity contribution in [2.75, 3.05) is 38.1 Å². The van der Waals surface area contributed by atoms with Gasteiger partial charge in [0, 0.05) is 30.7 Å². The van der Waals surface area contributed by atoms with Gasteiger partial charge in [0.25, 0.3) is 0 Å². The Labute approximate surface area is 118 Å². The van der Waals surface area contributed by atoms with E-state index in [0.29, 0.717) is 18.5 Å². The highest BCUT2D eigenvalue weighted by molar-refractivity contribution is 9.10. The summed E-state index contributed by atoms with van der Waals surface area (Å²) in [6, 6.07) is 8.80. The van der Waals surface area contributed by atoms with Gasteiger partial charge in [-0.3, -0.25) is 0 Å². The standard InChI is InChI=1S/C14H22BrN3/c1-11-8-17(2)10-12(7-16)18(9-11)14-6-4-3-5-13(14)15/h3-6,11-12H,7-10,16H2,1-2H3. The van der Waals surface area contributed by atoms with E-state index in [1.54, 1.807) is 0 Å². The molecule has 0 spiro atoms. The van der Waals surface area contributed by atoms with Crippen molar-refractivity contribution in [2.24, 2.45) is 11.7 Å². The molecule has 2 rings (SSSR count). The number of hydrogen-bond donors (Lipinski definition) is 1. The molecule has 1 saturated heterocycles. The van der Waals surface area contributed by atoms with Crippen LogP contribution in [0.2, 0.25) is 0 Å². The number of para-hydroxylation sites is 1. The van der Waals surface area contributed by atoms with Crippen LogP contribution >= 0.6 is 15.9 Å². The van der Waals surface area contributed by atoms with Crippen LogP contribution in [0.25, 0.3) is 0 Å². The highest BCUT2D eigenvalue weighted by Gasteiger charge is 2.26. The molecule has 2 N–H and O–H groups in total. The third kappa shape index (κ3) is 3.05. The van der Waals surface area contributed by atoms with E-state index in [1.807, 2.05) is 0 Å². The summed E-state index contributed by atoms with van der Waals surface area (Å²) in [5.74, 6) is 0.652. The molecule has 1 aliphatic heterocycles. The summed E-state index contributed by atoms with van der Waals surface area (Å²) in [5, 5.41) is 0. The van der Waals surface area contributed by atoms with Crippen LogP contribution in [0.4, 0.5) is 5.69 Å². The van der Waals surface area contributed by atoms with Crippen LogP contribution < -0.4 is 10.6 Å². The van der Waals surface area contributed by atoms with Crippen LogP contribution in [0.5, 0.6) is 0 Å². The Morgan fingerprint density at radius 1 is 1.28 bits per heavy atom. The fraction of sp³-hybridized carbons (Fsp3) is 0.571. The summed E-state index contributed by atoms with van der Waals surface area (Å²) in [5.41, 5.74) is 7.23. The van der Waals surface area contributed by atoms with E-state index in [-0.39, 0.29) is 0 Å². The van der Waals surface area contributed by atoms with Gasteiger partial charge >= 0.3 is 0 Å². The van der Waals surface area contributed by atoms with Crippen molar-refractivity contribution in [3.05, 3.63) is 28.7 Å². The first-order valence-electron chi connectivity index (χ1n) is 6.51. The Morgan fingerprint density at radius 3 is 2.67 bits per heavy atom. The first-order chi connectivity index (χ1) is 8.61. The number of hydrogen-bond acceptors (Lipinski definition) is 3. The average Bonchev–Trinajstić information content (AvgIpc) is 2.48. The van der Waals surface area contributed by atoms with E-state index in [9.17, 15) is 0 Å². The molecule has 2 unspecified atom stereocenters. The van der Waals surface area contributed by atoms with Crippen molar-refractivity contribution in [3.63, 3.8) is 0 Å². The molecular weight excluding hydrogens is 290 g/mol. The summed E-state index contributed by atoms with van der Waals surface area (Å²) in [6.45, 7) is 6.23. The molecule has 2 atom stereocenters. The van der Waals surface area contributed by atoms with Gasteiger partial charge in [0.1, 0.15) is 0 Å². The van der Waals surface area contributed by atoms with Crippen molar-refractivity contribution in [3.8, 4) is 0 Å². The zero-order valence-electron chi connectivity index (χ0n) is 11.1. The predicted octanol–water partition coefficient (Wildman–Crippen LogP) is 2.16. The highest BCUT2D eigenvalue weighted by atomic mass is 79.9. The second-order valence-electron chi connectivity index (χ2n) is 5.32. The zero-order chi connectivity index (χ0) is 13.1. The van der Waals surface area contributed by atoms with Crippen LogP contribution in [0, 0.1) is 5.92 Å². The highest BCUT2D eigenvalue weighted by Crippen LogP contribution is 2.29. The molecular formula is C14H22BrN3. The topological polar surface area (TPSA) is 32.5 Å². The first-order valence-corrected chi connectivity index (χ1v) is 7.31. The molecule has 100 valence electrons. The third-order valence-electron chi connectivity index (χ3n) is 3.53. The molecule has 1 aromatic rings. The van der Waals surface area contributed by atoms with E-state index < -0.39 is 0 Å². The second-order valence-corrected chi connectivity index (χ2v) is 6.17. The van der Waals surface area contributed by atoms with Crippen molar-refractivity contribution in [1.82, 2.24) is 4.90 Å². The van der Waals surface area contributed by atoms with Gasteiger partial charge < -0.3 is 15.5 Å². The number of anilines is 1. The molecule has 1 heterocycles. The fourth-order valence-corrected chi connectivity index (χ4v) is 3.30. The SMILES string of the molecule is CC1CN(C)CC(CN)N(c2ccccc2Br)C1. The quantitative estimate of drug-likeness (QED) is 0.908. The molecule has 1 aliphatic rings. The Bertz CT molecular complexity index is 396. The minimum atomic E-state index is 0.388. The number of rotatable bonds is 2. The number of benzene rings is 1. The number of halogens is 1. The van der Waals surface area contributed by atoms with Crippen LogP contribution in [-0.2, 0) is 0 Å². The fourth-order valence-electron chi connectivity index (χ4n) is 2.79. The first kappa shape index (κ1) is 13.8. The smallest absolute Gasteiger partial charge is 0.0539 e. The Balaban J connectivity index is 2.30. The van der Waals surface area contributed by atoms with Crippen LogP contribution in [0.15, 0.2) is 28.7 Å².